The second-order valence-electron chi connectivity index (χ2n) is 1.16. The Morgan fingerprint density at radius 3 is 1.42 bits per heavy atom. The van der Waals surface area contributed by atoms with Crippen LogP contribution in [0.4, 0.5) is 0 Å². The summed E-state index contributed by atoms with van der Waals surface area (Å²) < 4.78 is 50.4. The second kappa shape index (κ2) is 4.28. The summed E-state index contributed by atoms with van der Waals surface area (Å²) in [6, 6.07) is 0. The summed E-state index contributed by atoms with van der Waals surface area (Å²) in [5, 5.41) is 6.46. The van der Waals surface area contributed by atoms with E-state index in [-0.39, 0.29) is 29.6 Å². The minimum atomic E-state index is -4.79. The monoisotopic (exact) mass is 231 g/mol. The topological polar surface area (TPSA) is 114 Å². The van der Waals surface area contributed by atoms with Crippen LogP contribution in [0.5, 0.6) is 0 Å². The average Bonchev–Trinajstić information content (AvgIpc) is 1.86. The molecule has 0 aromatic rings. The van der Waals surface area contributed by atoms with Crippen LogP contribution in [-0.2, 0) is 43.2 Å². The fourth-order valence-electron chi connectivity index (χ4n) is 0.215. The van der Waals surface area contributed by atoms with E-state index in [4.69, 9.17) is 0 Å². The third kappa shape index (κ3) is 4.08. The van der Waals surface area contributed by atoms with E-state index in [0.29, 0.717) is 0 Å². The summed E-state index contributed by atoms with van der Waals surface area (Å²) in [5.74, 6) is 0. The van der Waals surface area contributed by atoms with Crippen molar-refractivity contribution in [2.75, 3.05) is 0 Å². The minimum Gasteiger partial charge on any atom is -0.165 e. The van der Waals surface area contributed by atoms with Crippen LogP contribution < -0.4 is 0 Å². The summed E-state index contributed by atoms with van der Waals surface area (Å²) in [5.41, 5.74) is 0. The molecule has 9 nitrogen and oxygen atoms in total. The zero-order valence-corrected chi connectivity index (χ0v) is 9.12. The molecule has 12 heavy (non-hydrogen) atoms. The van der Waals surface area contributed by atoms with Gasteiger partial charge in [0.25, 0.3) is 0 Å². The van der Waals surface area contributed by atoms with Gasteiger partial charge in [-0.25, -0.2) is 0 Å². The maximum Gasteiger partial charge on any atom is 0.445 e. The predicted molar refractivity (Wildman–Crippen MR) is 29.0 cm³/mol. The number of rotatable bonds is 0. The summed E-state index contributed by atoms with van der Waals surface area (Å²) in [7, 11) is -9.57. The molecule has 1 heterocycles. The molecule has 1 fully saturated rings. The first kappa shape index (κ1) is 12.7. The van der Waals surface area contributed by atoms with Gasteiger partial charge in [-0.15, -0.1) is 0 Å². The van der Waals surface area contributed by atoms with E-state index in [2.05, 4.69) is 22.4 Å². The van der Waals surface area contributed by atoms with Crippen molar-refractivity contribution < 1.29 is 39.2 Å². The molecule has 0 aromatic carbocycles. The standard InChI is InChI=1S/Na.O9S2/c;1-10(2)7-5-6-8-11(3,4)9-10. The molecule has 1 saturated heterocycles. The van der Waals surface area contributed by atoms with Gasteiger partial charge in [0.2, 0.25) is 0 Å². The Hall–Kier alpha value is 0.700. The van der Waals surface area contributed by atoms with E-state index >= 15 is 0 Å². The molecule has 0 aromatic heterocycles. The Kier molecular flexibility index (Phi) is 4.53. The van der Waals surface area contributed by atoms with Gasteiger partial charge in [-0.1, -0.05) is 3.63 Å². The molecule has 1 rings (SSSR count). The van der Waals surface area contributed by atoms with Crippen molar-refractivity contribution in [2.45, 2.75) is 0 Å². The van der Waals surface area contributed by atoms with Crippen molar-refractivity contribution in [2.24, 2.45) is 0 Å². The third-order valence-electron chi connectivity index (χ3n) is 0.417. The third-order valence-corrected chi connectivity index (χ3v) is 2.19. The maximum absolute atomic E-state index is 10.2. The molecule has 0 atom stereocenters. The summed E-state index contributed by atoms with van der Waals surface area (Å²) in [6.07, 6.45) is 0. The van der Waals surface area contributed by atoms with Crippen molar-refractivity contribution >= 4 is 50.4 Å². The Bertz CT molecular complexity index is 286. The molecule has 0 aliphatic carbocycles. The van der Waals surface area contributed by atoms with Gasteiger partial charge in [0.15, 0.2) is 0 Å². The second-order valence-corrected chi connectivity index (χ2v) is 3.61. The zero-order valence-electron chi connectivity index (χ0n) is 5.49. The van der Waals surface area contributed by atoms with Gasteiger partial charge in [-0.05, 0) is 18.7 Å². The van der Waals surface area contributed by atoms with Gasteiger partial charge >= 0.3 is 20.8 Å². The van der Waals surface area contributed by atoms with E-state index in [1.165, 1.54) is 0 Å². The molecular formula is NaO9S2. The Labute approximate surface area is 89.2 Å². The molecule has 67 valence electrons. The van der Waals surface area contributed by atoms with Crippen molar-refractivity contribution in [3.63, 3.8) is 0 Å². The molecule has 12 heteroatoms. The molecule has 0 N–H and O–H groups in total. The fourth-order valence-corrected chi connectivity index (χ4v) is 1.39. The van der Waals surface area contributed by atoms with Gasteiger partial charge in [0.05, 0.1) is 0 Å². The summed E-state index contributed by atoms with van der Waals surface area (Å²) in [4.78, 5) is 0. The zero-order chi connectivity index (χ0) is 8.54. The molecule has 1 aliphatic rings. The quantitative estimate of drug-likeness (QED) is 0.342. The van der Waals surface area contributed by atoms with Crippen LogP contribution >= 0.6 is 0 Å². The average molecular weight is 231 g/mol. The minimum absolute atomic E-state index is 0. The van der Waals surface area contributed by atoms with Crippen LogP contribution in [0.2, 0.25) is 0 Å². The van der Waals surface area contributed by atoms with Crippen LogP contribution in [0.3, 0.4) is 0 Å². The molecule has 1 radical (unpaired) electrons. The van der Waals surface area contributed by atoms with Crippen LogP contribution in [-0.4, -0.2) is 46.4 Å². The van der Waals surface area contributed by atoms with Gasteiger partial charge in [-0.2, -0.15) is 16.8 Å². The van der Waals surface area contributed by atoms with E-state index in [0.717, 1.165) is 0 Å². The SMILES string of the molecule is O=S1(=O)OOOOS(=O)(=O)O1.[Na]. The Morgan fingerprint density at radius 2 is 1.08 bits per heavy atom. The first-order valence-electron chi connectivity index (χ1n) is 1.83. The van der Waals surface area contributed by atoms with Gasteiger partial charge < -0.3 is 0 Å². The van der Waals surface area contributed by atoms with Crippen molar-refractivity contribution in [1.29, 1.82) is 0 Å². The summed E-state index contributed by atoms with van der Waals surface area (Å²) >= 11 is 0. The predicted octanol–water partition coefficient (Wildman–Crippen LogP) is -2.06. The molecule has 0 saturated carbocycles. The van der Waals surface area contributed by atoms with Crippen LogP contribution in [0.25, 0.3) is 0 Å². The van der Waals surface area contributed by atoms with Crippen molar-refractivity contribution in [3.8, 4) is 0 Å². The van der Waals surface area contributed by atoms with Crippen LogP contribution in [0.15, 0.2) is 0 Å². The molecule has 1 aliphatic heterocycles. The Balaban J connectivity index is 0.00000121. The van der Waals surface area contributed by atoms with Crippen LogP contribution in [0.1, 0.15) is 0 Å². The summed E-state index contributed by atoms with van der Waals surface area (Å²) in [6.45, 7) is 0. The fraction of sp³-hybridized carbons (Fsp3) is 0. The van der Waals surface area contributed by atoms with E-state index < -0.39 is 20.8 Å². The van der Waals surface area contributed by atoms with Gasteiger partial charge in [-0.3, -0.25) is 0 Å². The molecular weight excluding hydrogens is 231 g/mol. The van der Waals surface area contributed by atoms with Gasteiger partial charge in [0.1, 0.15) is 0 Å². The first-order chi connectivity index (χ1) is 4.91. The molecule has 0 spiro atoms. The smallest absolute Gasteiger partial charge is 0.165 e. The Morgan fingerprint density at radius 1 is 0.750 bits per heavy atom. The molecule has 0 bridgehead atoms. The van der Waals surface area contributed by atoms with E-state index in [1.54, 1.807) is 0 Å². The largest absolute Gasteiger partial charge is 0.445 e. The van der Waals surface area contributed by atoms with Crippen molar-refractivity contribution in [1.82, 2.24) is 0 Å². The number of hydrogen-bond acceptors (Lipinski definition) is 9. The molecule has 0 amide bonds. The number of hydrogen-bond donors (Lipinski definition) is 0. The maximum atomic E-state index is 10.2. The normalized spacial score (nSPS) is 26.7. The van der Waals surface area contributed by atoms with Crippen molar-refractivity contribution in [3.05, 3.63) is 0 Å². The van der Waals surface area contributed by atoms with E-state index in [9.17, 15) is 16.8 Å². The van der Waals surface area contributed by atoms with Crippen LogP contribution in [0, 0.1) is 0 Å². The van der Waals surface area contributed by atoms with Gasteiger partial charge in [0, 0.05) is 29.6 Å². The molecule has 0 unspecified atom stereocenters. The van der Waals surface area contributed by atoms with E-state index in [1.807, 2.05) is 0 Å². The first-order valence-corrected chi connectivity index (χ1v) is 4.50.